The fraction of sp³-hybridized carbons (Fsp3) is 0.476. The first-order valence-corrected chi connectivity index (χ1v) is 9.48. The molecule has 1 saturated heterocycles. The standard InChI is InChI=1S/C21H26N4O/c1-16-12-17(2)14-18(13-16)21(4-3-5-21)20(26)25-10-8-24(9-11-25)19-15-22-6-7-23-19/h6-7,12-15H,3-5,8-11H2,1-2H3. The van der Waals surface area contributed by atoms with Crippen molar-refractivity contribution in [2.24, 2.45) is 0 Å². The number of piperazine rings is 1. The van der Waals surface area contributed by atoms with Gasteiger partial charge in [0.2, 0.25) is 5.91 Å². The third kappa shape index (κ3) is 2.96. The Morgan fingerprint density at radius 1 is 1.00 bits per heavy atom. The maximum atomic E-state index is 13.4. The van der Waals surface area contributed by atoms with Crippen LogP contribution in [0.2, 0.25) is 0 Å². The van der Waals surface area contributed by atoms with Crippen LogP contribution in [-0.4, -0.2) is 47.0 Å². The van der Waals surface area contributed by atoms with Crippen molar-refractivity contribution in [2.75, 3.05) is 31.1 Å². The molecule has 1 aliphatic heterocycles. The molecule has 2 aromatic rings. The molecule has 0 atom stereocenters. The lowest BCUT2D eigenvalue weighted by Crippen LogP contribution is -2.57. The molecule has 0 unspecified atom stereocenters. The minimum atomic E-state index is -0.300. The molecule has 5 heteroatoms. The van der Waals surface area contributed by atoms with Crippen molar-refractivity contribution in [3.05, 3.63) is 53.5 Å². The summed E-state index contributed by atoms with van der Waals surface area (Å²) in [6, 6.07) is 6.60. The van der Waals surface area contributed by atoms with Crippen LogP contribution in [-0.2, 0) is 10.2 Å². The molecule has 0 spiro atoms. The molecule has 26 heavy (non-hydrogen) atoms. The van der Waals surface area contributed by atoms with Crippen LogP contribution in [0.15, 0.2) is 36.8 Å². The summed E-state index contributed by atoms with van der Waals surface area (Å²) in [5.41, 5.74) is 3.39. The second-order valence-electron chi connectivity index (χ2n) is 7.65. The zero-order valence-corrected chi connectivity index (χ0v) is 15.6. The fourth-order valence-electron chi connectivity index (χ4n) is 4.30. The van der Waals surface area contributed by atoms with Crippen molar-refractivity contribution in [2.45, 2.75) is 38.5 Å². The van der Waals surface area contributed by atoms with Gasteiger partial charge in [-0.05, 0) is 32.3 Å². The highest BCUT2D eigenvalue weighted by atomic mass is 16.2. The Bertz CT molecular complexity index is 773. The number of hydrogen-bond donors (Lipinski definition) is 0. The number of amides is 1. The van der Waals surface area contributed by atoms with E-state index in [0.717, 1.165) is 51.3 Å². The van der Waals surface area contributed by atoms with Gasteiger partial charge in [0.15, 0.2) is 0 Å². The van der Waals surface area contributed by atoms with Crippen molar-refractivity contribution in [1.82, 2.24) is 14.9 Å². The largest absolute Gasteiger partial charge is 0.352 e. The van der Waals surface area contributed by atoms with E-state index < -0.39 is 0 Å². The van der Waals surface area contributed by atoms with Crippen LogP contribution in [0, 0.1) is 13.8 Å². The number of hydrogen-bond acceptors (Lipinski definition) is 4. The highest BCUT2D eigenvalue weighted by Gasteiger charge is 2.48. The molecule has 1 aliphatic carbocycles. The molecule has 4 rings (SSSR count). The normalized spacial score (nSPS) is 19.2. The van der Waals surface area contributed by atoms with Crippen molar-refractivity contribution in [3.63, 3.8) is 0 Å². The van der Waals surface area contributed by atoms with E-state index in [4.69, 9.17) is 0 Å². The Morgan fingerprint density at radius 3 is 2.23 bits per heavy atom. The molecule has 0 bridgehead atoms. The molecule has 1 aromatic carbocycles. The molecule has 5 nitrogen and oxygen atoms in total. The maximum absolute atomic E-state index is 13.4. The van der Waals surface area contributed by atoms with E-state index in [0.29, 0.717) is 5.91 Å². The zero-order chi connectivity index (χ0) is 18.1. The lowest BCUT2D eigenvalue weighted by Gasteiger charge is -2.46. The Hall–Kier alpha value is -2.43. The third-order valence-electron chi connectivity index (χ3n) is 5.83. The molecule has 1 aromatic heterocycles. The minimum Gasteiger partial charge on any atom is -0.352 e. The van der Waals surface area contributed by atoms with Crippen LogP contribution in [0.25, 0.3) is 0 Å². The summed E-state index contributed by atoms with van der Waals surface area (Å²) >= 11 is 0. The predicted octanol–water partition coefficient (Wildman–Crippen LogP) is 2.86. The van der Waals surface area contributed by atoms with Gasteiger partial charge >= 0.3 is 0 Å². The van der Waals surface area contributed by atoms with E-state index >= 15 is 0 Å². The lowest BCUT2D eigenvalue weighted by atomic mass is 9.63. The number of rotatable bonds is 3. The number of carbonyl (C=O) groups is 1. The summed E-state index contributed by atoms with van der Waals surface area (Å²) in [6.07, 6.45) is 8.28. The number of aryl methyl sites for hydroxylation is 2. The zero-order valence-electron chi connectivity index (χ0n) is 15.6. The predicted molar refractivity (Wildman–Crippen MR) is 102 cm³/mol. The summed E-state index contributed by atoms with van der Waals surface area (Å²) in [5.74, 6) is 1.21. The number of carbonyl (C=O) groups excluding carboxylic acids is 1. The first kappa shape index (κ1) is 17.0. The second-order valence-corrected chi connectivity index (χ2v) is 7.65. The van der Waals surface area contributed by atoms with Crippen LogP contribution >= 0.6 is 0 Å². The van der Waals surface area contributed by atoms with Gasteiger partial charge in [0.25, 0.3) is 0 Å². The molecule has 2 heterocycles. The Kier molecular flexibility index (Phi) is 4.39. The molecular weight excluding hydrogens is 324 g/mol. The molecule has 0 N–H and O–H groups in total. The Balaban J connectivity index is 1.50. The average molecular weight is 350 g/mol. The van der Waals surface area contributed by atoms with Crippen LogP contribution in [0.3, 0.4) is 0 Å². The molecule has 136 valence electrons. The van der Waals surface area contributed by atoms with Crippen LogP contribution < -0.4 is 4.90 Å². The van der Waals surface area contributed by atoms with Gasteiger partial charge in [-0.25, -0.2) is 4.98 Å². The van der Waals surface area contributed by atoms with Crippen LogP contribution in [0.5, 0.6) is 0 Å². The Labute approximate surface area is 155 Å². The smallest absolute Gasteiger partial charge is 0.233 e. The molecule has 2 fully saturated rings. The highest BCUT2D eigenvalue weighted by Crippen LogP contribution is 2.45. The summed E-state index contributed by atoms with van der Waals surface area (Å²) in [7, 11) is 0. The van der Waals surface area contributed by atoms with Crippen molar-refractivity contribution in [3.8, 4) is 0 Å². The molecule has 0 radical (unpaired) electrons. The summed E-state index contributed by atoms with van der Waals surface area (Å²) in [4.78, 5) is 26.2. The molecule has 2 aliphatic rings. The highest BCUT2D eigenvalue weighted by molar-refractivity contribution is 5.89. The molecular formula is C21H26N4O. The number of nitrogens with zero attached hydrogens (tertiary/aromatic N) is 4. The number of aromatic nitrogens is 2. The first-order valence-electron chi connectivity index (χ1n) is 9.48. The second kappa shape index (κ2) is 6.71. The lowest BCUT2D eigenvalue weighted by molar-refractivity contribution is -0.141. The molecule has 1 amide bonds. The minimum absolute atomic E-state index is 0.300. The summed E-state index contributed by atoms with van der Waals surface area (Å²) < 4.78 is 0. The number of anilines is 1. The van der Waals surface area contributed by atoms with E-state index in [9.17, 15) is 4.79 Å². The van der Waals surface area contributed by atoms with Crippen molar-refractivity contribution in [1.29, 1.82) is 0 Å². The van der Waals surface area contributed by atoms with Gasteiger partial charge in [-0.2, -0.15) is 0 Å². The summed E-state index contributed by atoms with van der Waals surface area (Å²) in [6.45, 7) is 7.37. The van der Waals surface area contributed by atoms with Crippen LogP contribution in [0.1, 0.15) is 36.0 Å². The fourth-order valence-corrected chi connectivity index (χ4v) is 4.30. The first-order chi connectivity index (χ1) is 12.6. The van der Waals surface area contributed by atoms with Gasteiger partial charge < -0.3 is 9.80 Å². The molecule has 1 saturated carbocycles. The average Bonchev–Trinajstić information content (AvgIpc) is 2.61. The van der Waals surface area contributed by atoms with Crippen molar-refractivity contribution < 1.29 is 4.79 Å². The van der Waals surface area contributed by atoms with E-state index in [1.165, 1.54) is 16.7 Å². The Morgan fingerprint density at radius 2 is 1.69 bits per heavy atom. The van der Waals surface area contributed by atoms with Gasteiger partial charge in [0, 0.05) is 38.6 Å². The third-order valence-corrected chi connectivity index (χ3v) is 5.83. The van der Waals surface area contributed by atoms with Gasteiger partial charge in [-0.3, -0.25) is 9.78 Å². The van der Waals surface area contributed by atoms with Gasteiger partial charge in [-0.1, -0.05) is 35.7 Å². The monoisotopic (exact) mass is 350 g/mol. The van der Waals surface area contributed by atoms with E-state index in [1.54, 1.807) is 18.6 Å². The van der Waals surface area contributed by atoms with E-state index in [1.807, 2.05) is 0 Å². The maximum Gasteiger partial charge on any atom is 0.233 e. The van der Waals surface area contributed by atoms with Gasteiger partial charge in [0.1, 0.15) is 5.82 Å². The quantitative estimate of drug-likeness (QED) is 0.854. The van der Waals surface area contributed by atoms with Crippen LogP contribution in [0.4, 0.5) is 5.82 Å². The number of benzene rings is 1. The van der Waals surface area contributed by atoms with Gasteiger partial charge in [-0.15, -0.1) is 0 Å². The summed E-state index contributed by atoms with van der Waals surface area (Å²) in [5, 5.41) is 0. The van der Waals surface area contributed by atoms with Gasteiger partial charge in [0.05, 0.1) is 11.6 Å². The SMILES string of the molecule is Cc1cc(C)cc(C2(C(=O)N3CCN(c4cnccn4)CC3)CCC2)c1. The topological polar surface area (TPSA) is 49.3 Å². The van der Waals surface area contributed by atoms with Crippen molar-refractivity contribution >= 4 is 11.7 Å². The van der Waals surface area contributed by atoms with E-state index in [2.05, 4.69) is 51.8 Å². The van der Waals surface area contributed by atoms with E-state index in [-0.39, 0.29) is 5.41 Å².